The Morgan fingerprint density at radius 1 is 1.31 bits per heavy atom. The van der Waals surface area contributed by atoms with Crippen LogP contribution in [0.4, 0.5) is 0 Å². The number of ether oxygens (including phenoxy) is 1. The summed E-state index contributed by atoms with van der Waals surface area (Å²) in [6, 6.07) is 12.9. The van der Waals surface area contributed by atoms with Crippen molar-refractivity contribution in [2.75, 3.05) is 6.61 Å². The predicted octanol–water partition coefficient (Wildman–Crippen LogP) is 2.52. The second-order valence-corrected chi connectivity index (χ2v) is 7.68. The number of para-hydroxylation sites is 2. The van der Waals surface area contributed by atoms with Crippen molar-refractivity contribution in [1.82, 2.24) is 9.38 Å². The van der Waals surface area contributed by atoms with E-state index in [9.17, 15) is 9.59 Å². The van der Waals surface area contributed by atoms with Gasteiger partial charge in [-0.3, -0.25) is 4.79 Å². The van der Waals surface area contributed by atoms with Crippen LogP contribution < -0.4 is 14.8 Å². The Morgan fingerprint density at radius 3 is 2.88 bits per heavy atom. The van der Waals surface area contributed by atoms with Crippen LogP contribution in [0.25, 0.3) is 22.1 Å². The normalized spacial score (nSPS) is 12.1. The Kier molecular flexibility index (Phi) is 4.37. The van der Waals surface area contributed by atoms with E-state index in [0.717, 1.165) is 20.2 Å². The highest BCUT2D eigenvalue weighted by Crippen LogP contribution is 2.22. The zero-order valence-electron chi connectivity index (χ0n) is 13.2. The van der Waals surface area contributed by atoms with Crippen molar-refractivity contribution >= 4 is 62.0 Å². The van der Waals surface area contributed by atoms with E-state index in [1.807, 2.05) is 30.3 Å². The van der Waals surface area contributed by atoms with Crippen molar-refractivity contribution in [2.24, 2.45) is 0 Å². The van der Waals surface area contributed by atoms with Gasteiger partial charge in [0.1, 0.15) is 5.75 Å². The number of fused-ring (bicyclic) bond motifs is 3. The molecule has 0 bridgehead atoms. The van der Waals surface area contributed by atoms with Crippen LogP contribution in [0.5, 0.6) is 5.75 Å². The number of halogens is 1. The molecule has 4 rings (SSSR count). The average molecular weight is 478 g/mol. The summed E-state index contributed by atoms with van der Waals surface area (Å²) in [7, 11) is 0. The van der Waals surface area contributed by atoms with Crippen LogP contribution >= 0.6 is 33.9 Å². The Hall–Kier alpha value is -2.46. The maximum absolute atomic E-state index is 12.7. The highest BCUT2D eigenvalue weighted by atomic mass is 127. The number of aliphatic carboxylic acids is 1. The maximum atomic E-state index is 12.7. The van der Waals surface area contributed by atoms with Crippen LogP contribution in [0.1, 0.15) is 5.56 Å². The van der Waals surface area contributed by atoms with Gasteiger partial charge in [0, 0.05) is 0 Å². The minimum absolute atomic E-state index is 0.0973. The maximum Gasteiger partial charge on any atom is 0.341 e. The van der Waals surface area contributed by atoms with Crippen LogP contribution in [0.3, 0.4) is 0 Å². The monoisotopic (exact) mass is 478 g/mol. The second kappa shape index (κ2) is 6.69. The van der Waals surface area contributed by atoms with Crippen LogP contribution in [0.2, 0.25) is 0 Å². The summed E-state index contributed by atoms with van der Waals surface area (Å²) in [5.41, 5.74) is 2.34. The van der Waals surface area contributed by atoms with Crippen molar-refractivity contribution in [1.29, 1.82) is 0 Å². The lowest BCUT2D eigenvalue weighted by Gasteiger charge is -2.06. The number of hydrogen-bond acceptors (Lipinski definition) is 5. The zero-order valence-corrected chi connectivity index (χ0v) is 16.2. The molecule has 0 aliphatic heterocycles. The lowest BCUT2D eigenvalue weighted by molar-refractivity contribution is -0.139. The van der Waals surface area contributed by atoms with E-state index in [0.29, 0.717) is 15.2 Å². The molecular formula is C18H11IN2O4S. The van der Waals surface area contributed by atoms with Gasteiger partial charge in [-0.1, -0.05) is 29.5 Å². The second-order valence-electron chi connectivity index (χ2n) is 5.51. The van der Waals surface area contributed by atoms with Crippen molar-refractivity contribution in [3.63, 3.8) is 0 Å². The molecule has 2 heterocycles. The Morgan fingerprint density at radius 2 is 2.12 bits per heavy atom. The number of carboxylic acids is 1. The Balaban J connectivity index is 1.76. The minimum Gasteiger partial charge on any atom is -0.481 e. The number of rotatable bonds is 4. The van der Waals surface area contributed by atoms with E-state index >= 15 is 0 Å². The van der Waals surface area contributed by atoms with Gasteiger partial charge >= 0.3 is 5.97 Å². The van der Waals surface area contributed by atoms with E-state index in [2.05, 4.69) is 27.6 Å². The summed E-state index contributed by atoms with van der Waals surface area (Å²) in [5, 5.41) is 8.69. The topological polar surface area (TPSA) is 80.9 Å². The fourth-order valence-corrected chi connectivity index (χ4v) is 4.31. The fourth-order valence-electron chi connectivity index (χ4n) is 2.63. The van der Waals surface area contributed by atoms with E-state index in [1.165, 1.54) is 11.3 Å². The number of aromatic nitrogens is 2. The third-order valence-electron chi connectivity index (χ3n) is 3.75. The zero-order chi connectivity index (χ0) is 18.3. The summed E-state index contributed by atoms with van der Waals surface area (Å²) in [5.74, 6) is -0.527. The minimum atomic E-state index is -1.03. The summed E-state index contributed by atoms with van der Waals surface area (Å²) in [4.78, 5) is 28.5. The van der Waals surface area contributed by atoms with Crippen molar-refractivity contribution in [3.05, 3.63) is 66.5 Å². The molecule has 0 amide bonds. The first kappa shape index (κ1) is 17.0. The largest absolute Gasteiger partial charge is 0.481 e. The number of thiazole rings is 1. The van der Waals surface area contributed by atoms with E-state index in [4.69, 9.17) is 9.84 Å². The number of imidazole rings is 1. The van der Waals surface area contributed by atoms with E-state index < -0.39 is 5.97 Å². The van der Waals surface area contributed by atoms with Crippen LogP contribution in [-0.4, -0.2) is 27.1 Å². The number of nitrogens with zero attached hydrogens (tertiary/aromatic N) is 2. The number of hydrogen-bond donors (Lipinski definition) is 1. The standard InChI is InChI=1S/C18H11IN2O4S/c19-11-7-10(5-6-14(11)25-9-16(22)23)8-15-17(24)21-13-4-2-1-3-12(13)20-18(21)26-15/h1-8H,9H2,(H,22,23). The van der Waals surface area contributed by atoms with Crippen LogP contribution in [0, 0.1) is 3.57 Å². The van der Waals surface area contributed by atoms with Crippen LogP contribution in [-0.2, 0) is 4.79 Å². The molecule has 2 aromatic heterocycles. The van der Waals surface area contributed by atoms with Gasteiger partial charge in [-0.25, -0.2) is 14.2 Å². The Labute approximate surface area is 164 Å². The van der Waals surface area contributed by atoms with Crippen LogP contribution in [0.15, 0.2) is 47.3 Å². The third kappa shape index (κ3) is 3.06. The molecule has 0 atom stereocenters. The number of carboxylic acid groups (broad SMARTS) is 1. The van der Waals surface area contributed by atoms with Gasteiger partial charge in [-0.05, 0) is 58.5 Å². The summed E-state index contributed by atoms with van der Waals surface area (Å²) in [6.07, 6.45) is 1.81. The molecule has 0 spiro atoms. The first-order valence-corrected chi connectivity index (χ1v) is 9.48. The molecule has 8 heteroatoms. The van der Waals surface area contributed by atoms with Gasteiger partial charge in [-0.15, -0.1) is 0 Å². The van der Waals surface area contributed by atoms with Gasteiger partial charge < -0.3 is 9.84 Å². The predicted molar refractivity (Wildman–Crippen MR) is 108 cm³/mol. The van der Waals surface area contributed by atoms with Crippen molar-refractivity contribution in [2.45, 2.75) is 0 Å². The first-order valence-electron chi connectivity index (χ1n) is 7.59. The lowest BCUT2D eigenvalue weighted by atomic mass is 10.2. The van der Waals surface area contributed by atoms with E-state index in [-0.39, 0.29) is 12.2 Å². The van der Waals surface area contributed by atoms with Gasteiger partial charge in [0.05, 0.1) is 19.1 Å². The van der Waals surface area contributed by atoms with Gasteiger partial charge in [-0.2, -0.15) is 0 Å². The summed E-state index contributed by atoms with van der Waals surface area (Å²) >= 11 is 3.42. The molecule has 0 unspecified atom stereocenters. The first-order chi connectivity index (χ1) is 12.5. The number of benzene rings is 2. The summed E-state index contributed by atoms with van der Waals surface area (Å²) in [6.45, 7) is -0.390. The molecule has 0 aliphatic rings. The quantitative estimate of drug-likeness (QED) is 0.456. The molecule has 0 saturated heterocycles. The molecule has 0 fully saturated rings. The average Bonchev–Trinajstić information content (AvgIpc) is 3.11. The molecule has 26 heavy (non-hydrogen) atoms. The highest BCUT2D eigenvalue weighted by molar-refractivity contribution is 14.1. The number of carbonyl (C=O) groups is 1. The molecule has 130 valence electrons. The van der Waals surface area contributed by atoms with E-state index in [1.54, 1.807) is 22.6 Å². The molecule has 2 aromatic carbocycles. The highest BCUT2D eigenvalue weighted by Gasteiger charge is 2.11. The molecular weight excluding hydrogens is 467 g/mol. The van der Waals surface area contributed by atoms with Crippen molar-refractivity contribution < 1.29 is 14.6 Å². The molecule has 1 N–H and O–H groups in total. The molecule has 0 radical (unpaired) electrons. The Bertz CT molecular complexity index is 1260. The summed E-state index contributed by atoms with van der Waals surface area (Å²) < 4.78 is 8.21. The van der Waals surface area contributed by atoms with Crippen molar-refractivity contribution in [3.8, 4) is 5.75 Å². The lowest BCUT2D eigenvalue weighted by Crippen LogP contribution is -2.22. The third-order valence-corrected chi connectivity index (χ3v) is 5.56. The van der Waals surface area contributed by atoms with Gasteiger partial charge in [0.2, 0.25) is 0 Å². The van der Waals surface area contributed by atoms with Gasteiger partial charge in [0.25, 0.3) is 5.56 Å². The molecule has 4 aromatic rings. The molecule has 0 aliphatic carbocycles. The fraction of sp³-hybridized carbons (Fsp3) is 0.0556. The molecule has 0 saturated carbocycles. The smallest absolute Gasteiger partial charge is 0.341 e. The molecule has 6 nitrogen and oxygen atoms in total. The van der Waals surface area contributed by atoms with Gasteiger partial charge in [0.15, 0.2) is 11.6 Å². The SMILES string of the molecule is O=C(O)COc1ccc(C=c2sc3nc4ccccc4n3c2=O)cc1I.